The minimum Gasteiger partial charge on any atom is -0.298 e. The van der Waals surface area contributed by atoms with Crippen LogP contribution in [0.4, 0.5) is 14.7 Å². The number of aryl methyl sites for hydroxylation is 1. The van der Waals surface area contributed by atoms with Gasteiger partial charge >= 0.3 is 0 Å². The fraction of sp³-hybridized carbons (Fsp3) is 0.182. The van der Waals surface area contributed by atoms with E-state index in [9.17, 15) is 8.78 Å². The highest BCUT2D eigenvalue weighted by Gasteiger charge is 2.22. The monoisotopic (exact) mass is 438 g/mol. The lowest BCUT2D eigenvalue weighted by molar-refractivity contribution is 0.570. The van der Waals surface area contributed by atoms with Crippen LogP contribution in [-0.4, -0.2) is 30.0 Å². The van der Waals surface area contributed by atoms with E-state index in [1.165, 1.54) is 34.7 Å². The maximum absolute atomic E-state index is 14.6. The van der Waals surface area contributed by atoms with Crippen LogP contribution < -0.4 is 4.72 Å². The molecular formula is C22H20F2N6S. The van der Waals surface area contributed by atoms with Crippen LogP contribution in [0.15, 0.2) is 60.9 Å². The van der Waals surface area contributed by atoms with Gasteiger partial charge in [0.25, 0.3) is 0 Å². The minimum atomic E-state index is -0.703. The van der Waals surface area contributed by atoms with E-state index in [2.05, 4.69) is 24.9 Å². The Morgan fingerprint density at radius 2 is 1.65 bits per heavy atom. The number of rotatable bonds is 7. The molecule has 31 heavy (non-hydrogen) atoms. The number of nitrogens with one attached hydrogen (secondary N) is 1. The van der Waals surface area contributed by atoms with Gasteiger partial charge < -0.3 is 0 Å². The third kappa shape index (κ3) is 4.72. The fourth-order valence-electron chi connectivity index (χ4n) is 3.02. The average Bonchev–Trinajstić information content (AvgIpc) is 3.18. The zero-order valence-electron chi connectivity index (χ0n) is 17.0. The zero-order valence-corrected chi connectivity index (χ0v) is 17.8. The van der Waals surface area contributed by atoms with Crippen LogP contribution in [-0.2, 0) is 6.42 Å². The van der Waals surface area contributed by atoms with E-state index >= 15 is 0 Å². The summed E-state index contributed by atoms with van der Waals surface area (Å²) in [7, 11) is 0. The molecule has 0 spiro atoms. The summed E-state index contributed by atoms with van der Waals surface area (Å²) in [5, 5.41) is 8.42. The molecule has 2 heterocycles. The van der Waals surface area contributed by atoms with Gasteiger partial charge in [-0.2, -0.15) is 0 Å². The van der Waals surface area contributed by atoms with Gasteiger partial charge in [-0.3, -0.25) is 9.29 Å². The second kappa shape index (κ2) is 9.22. The third-order valence-corrected chi connectivity index (χ3v) is 5.38. The van der Waals surface area contributed by atoms with Gasteiger partial charge in [0.1, 0.15) is 23.1 Å². The van der Waals surface area contributed by atoms with Crippen molar-refractivity contribution in [2.24, 2.45) is 0 Å². The Hall–Kier alpha value is -3.33. The molecule has 6 nitrogen and oxygen atoms in total. The highest BCUT2D eigenvalue weighted by atomic mass is 32.2. The molecule has 0 aliphatic carbocycles. The van der Waals surface area contributed by atoms with E-state index in [-0.39, 0.29) is 16.9 Å². The van der Waals surface area contributed by atoms with Crippen LogP contribution in [0.1, 0.15) is 18.3 Å². The highest BCUT2D eigenvalue weighted by molar-refractivity contribution is 8.01. The molecule has 0 radical (unpaired) electrons. The van der Waals surface area contributed by atoms with Gasteiger partial charge in [0, 0.05) is 29.6 Å². The molecule has 0 aliphatic rings. The van der Waals surface area contributed by atoms with Crippen LogP contribution in [0.5, 0.6) is 0 Å². The van der Waals surface area contributed by atoms with Crippen molar-refractivity contribution in [3.05, 3.63) is 83.9 Å². The molecular weight excluding hydrogens is 418 g/mol. The number of anilines is 1. The van der Waals surface area contributed by atoms with E-state index in [0.717, 1.165) is 11.4 Å². The predicted octanol–water partition coefficient (Wildman–Crippen LogP) is 5.00. The molecule has 9 heteroatoms. The molecule has 1 unspecified atom stereocenters. The molecule has 0 saturated heterocycles. The molecule has 0 fully saturated rings. The zero-order chi connectivity index (χ0) is 21.8. The highest BCUT2D eigenvalue weighted by Crippen LogP contribution is 2.30. The van der Waals surface area contributed by atoms with Gasteiger partial charge in [-0.1, -0.05) is 43.3 Å². The predicted molar refractivity (Wildman–Crippen MR) is 118 cm³/mol. The smallest absolute Gasteiger partial charge is 0.239 e. The first-order chi connectivity index (χ1) is 15.0. The van der Waals surface area contributed by atoms with Gasteiger partial charge in [0.05, 0.1) is 0 Å². The maximum Gasteiger partial charge on any atom is 0.239 e. The largest absolute Gasteiger partial charge is 0.298 e. The second-order valence-electron chi connectivity index (χ2n) is 7.03. The molecule has 0 amide bonds. The van der Waals surface area contributed by atoms with Crippen molar-refractivity contribution in [1.82, 2.24) is 24.7 Å². The Kier molecular flexibility index (Phi) is 6.22. The number of nitrogens with zero attached hydrogens (tertiary/aromatic N) is 5. The topological polar surface area (TPSA) is 68.5 Å². The minimum absolute atomic E-state index is 0.0681. The number of hydrogen-bond donors (Lipinski definition) is 1. The normalized spacial score (nSPS) is 12.0. The van der Waals surface area contributed by atoms with Crippen LogP contribution >= 0.6 is 11.9 Å². The Labute approximate surface area is 182 Å². The van der Waals surface area contributed by atoms with Crippen LogP contribution in [0.2, 0.25) is 0 Å². The summed E-state index contributed by atoms with van der Waals surface area (Å²) in [4.78, 5) is 8.64. The Balaban J connectivity index is 1.63. The van der Waals surface area contributed by atoms with E-state index < -0.39 is 11.6 Å². The van der Waals surface area contributed by atoms with Crippen molar-refractivity contribution in [3.63, 3.8) is 0 Å². The number of para-hydroxylation sites is 1. The molecule has 0 aliphatic heterocycles. The van der Waals surface area contributed by atoms with Crippen LogP contribution in [0.25, 0.3) is 17.1 Å². The number of hydrogen-bond acceptors (Lipinski definition) is 6. The maximum atomic E-state index is 14.6. The van der Waals surface area contributed by atoms with E-state index in [4.69, 9.17) is 0 Å². The van der Waals surface area contributed by atoms with Gasteiger partial charge in [-0.15, -0.1) is 10.2 Å². The number of benzene rings is 2. The standard InChI is InChI=1S/C22H20F2N6S/c1-14-12-25-19(26-13-14)11-15(2)31-29-22-28-27-21(16-7-4-3-5-8-16)30(22)20-17(23)9-6-10-18(20)24/h3-10,12-13,15H,11H2,1-2H3,(H,28,29). The van der Waals surface area contributed by atoms with E-state index in [0.29, 0.717) is 17.8 Å². The summed E-state index contributed by atoms with van der Waals surface area (Å²) in [5.41, 5.74) is 1.46. The summed E-state index contributed by atoms with van der Waals surface area (Å²) in [6.45, 7) is 3.94. The van der Waals surface area contributed by atoms with Crippen molar-refractivity contribution in [3.8, 4) is 17.1 Å². The van der Waals surface area contributed by atoms with Crippen molar-refractivity contribution < 1.29 is 8.78 Å². The molecule has 158 valence electrons. The molecule has 4 rings (SSSR count). The van der Waals surface area contributed by atoms with Crippen molar-refractivity contribution in [1.29, 1.82) is 0 Å². The number of halogens is 2. The Bertz CT molecular complexity index is 1140. The van der Waals surface area contributed by atoms with E-state index in [1.807, 2.05) is 44.2 Å². The third-order valence-electron chi connectivity index (χ3n) is 4.51. The van der Waals surface area contributed by atoms with Gasteiger partial charge in [-0.05, 0) is 36.6 Å². The molecule has 1 atom stereocenters. The summed E-state index contributed by atoms with van der Waals surface area (Å²) < 4.78 is 33.7. The first kappa shape index (κ1) is 20.9. The lowest BCUT2D eigenvalue weighted by Crippen LogP contribution is -2.11. The van der Waals surface area contributed by atoms with Gasteiger partial charge in [0.15, 0.2) is 5.82 Å². The van der Waals surface area contributed by atoms with Gasteiger partial charge in [-0.25, -0.2) is 18.7 Å². The first-order valence-corrected chi connectivity index (χ1v) is 10.6. The lowest BCUT2D eigenvalue weighted by Gasteiger charge is -2.15. The quantitative estimate of drug-likeness (QED) is 0.410. The molecule has 2 aromatic carbocycles. The fourth-order valence-corrected chi connectivity index (χ4v) is 3.69. The van der Waals surface area contributed by atoms with Gasteiger partial charge in [0.2, 0.25) is 5.95 Å². The van der Waals surface area contributed by atoms with E-state index in [1.54, 1.807) is 12.4 Å². The van der Waals surface area contributed by atoms with Crippen molar-refractivity contribution >= 4 is 17.9 Å². The molecule has 2 aromatic heterocycles. The number of aromatic nitrogens is 5. The first-order valence-electron chi connectivity index (χ1n) is 9.67. The average molecular weight is 439 g/mol. The SMILES string of the molecule is Cc1cnc(CC(C)SNc2nnc(-c3ccccc3)n2-c2c(F)cccc2F)nc1. The summed E-state index contributed by atoms with van der Waals surface area (Å²) in [6.07, 6.45) is 4.17. The Morgan fingerprint density at radius 1 is 0.968 bits per heavy atom. The van der Waals surface area contributed by atoms with Crippen molar-refractivity contribution in [2.75, 3.05) is 4.72 Å². The summed E-state index contributed by atoms with van der Waals surface area (Å²) in [6, 6.07) is 12.9. The molecule has 4 aromatic rings. The second-order valence-corrected chi connectivity index (χ2v) is 8.27. The Morgan fingerprint density at radius 3 is 2.32 bits per heavy atom. The van der Waals surface area contributed by atoms with Crippen LogP contribution in [0.3, 0.4) is 0 Å². The molecule has 1 N–H and O–H groups in total. The van der Waals surface area contributed by atoms with Crippen LogP contribution in [0, 0.1) is 18.6 Å². The van der Waals surface area contributed by atoms with Crippen molar-refractivity contribution in [2.45, 2.75) is 25.5 Å². The summed E-state index contributed by atoms with van der Waals surface area (Å²) in [5.74, 6) is -0.122. The molecule has 0 saturated carbocycles. The summed E-state index contributed by atoms with van der Waals surface area (Å²) >= 11 is 1.36. The lowest BCUT2D eigenvalue weighted by atomic mass is 10.2. The molecule has 0 bridgehead atoms.